The maximum absolute atomic E-state index is 12.7. The van der Waals surface area contributed by atoms with Crippen LogP contribution in [0.5, 0.6) is 5.75 Å². The minimum absolute atomic E-state index is 0.0616. The van der Waals surface area contributed by atoms with Crippen molar-refractivity contribution in [3.8, 4) is 5.75 Å². The summed E-state index contributed by atoms with van der Waals surface area (Å²) < 4.78 is 34.5. The van der Waals surface area contributed by atoms with Gasteiger partial charge < -0.3 is 4.74 Å². The van der Waals surface area contributed by atoms with Crippen molar-refractivity contribution < 1.29 is 13.2 Å². The van der Waals surface area contributed by atoms with Gasteiger partial charge in [0.05, 0.1) is 18.0 Å². The maximum atomic E-state index is 12.7. The van der Waals surface area contributed by atoms with Gasteiger partial charge in [-0.1, -0.05) is 42.1 Å². The lowest BCUT2D eigenvalue weighted by Crippen LogP contribution is -2.25. The van der Waals surface area contributed by atoms with Gasteiger partial charge in [-0.3, -0.25) is 0 Å². The number of rotatable bonds is 4. The summed E-state index contributed by atoms with van der Waals surface area (Å²) in [5.41, 5.74) is 1.06. The molecule has 1 heterocycles. The van der Waals surface area contributed by atoms with Crippen molar-refractivity contribution in [3.05, 3.63) is 60.2 Å². The number of benzene rings is 2. The third-order valence-electron chi connectivity index (χ3n) is 3.95. The molecule has 136 valence electrons. The summed E-state index contributed by atoms with van der Waals surface area (Å²) in [6.07, 6.45) is 4.27. The molecule has 0 amide bonds. The van der Waals surface area contributed by atoms with Crippen molar-refractivity contribution in [3.63, 3.8) is 0 Å². The SMILES string of the molecule is COc1ccc(S(=O)(=O)/N=C(\SC)N2N=CCC2c2ccccc2)cc1. The van der Waals surface area contributed by atoms with Gasteiger partial charge >= 0.3 is 0 Å². The van der Waals surface area contributed by atoms with E-state index in [0.29, 0.717) is 17.3 Å². The van der Waals surface area contributed by atoms with E-state index >= 15 is 0 Å². The van der Waals surface area contributed by atoms with Crippen LogP contribution in [-0.2, 0) is 10.0 Å². The summed E-state index contributed by atoms with van der Waals surface area (Å²) in [6, 6.07) is 16.0. The Labute approximate surface area is 157 Å². The average molecular weight is 390 g/mol. The van der Waals surface area contributed by atoms with Crippen LogP contribution in [0.1, 0.15) is 18.0 Å². The van der Waals surface area contributed by atoms with Crippen molar-refractivity contribution in [1.82, 2.24) is 5.01 Å². The van der Waals surface area contributed by atoms with Gasteiger partial charge in [0.25, 0.3) is 10.0 Å². The summed E-state index contributed by atoms with van der Waals surface area (Å²) in [4.78, 5) is 0.115. The highest BCUT2D eigenvalue weighted by Crippen LogP contribution is 2.31. The van der Waals surface area contributed by atoms with Gasteiger partial charge in [-0.05, 0) is 36.1 Å². The first-order valence-electron chi connectivity index (χ1n) is 7.95. The van der Waals surface area contributed by atoms with Crippen LogP contribution >= 0.6 is 11.8 Å². The number of methoxy groups -OCH3 is 1. The molecule has 6 nitrogen and oxygen atoms in total. The zero-order valence-electron chi connectivity index (χ0n) is 14.4. The second kappa shape index (κ2) is 7.92. The predicted octanol–water partition coefficient (Wildman–Crippen LogP) is 3.54. The molecular weight excluding hydrogens is 370 g/mol. The van der Waals surface area contributed by atoms with Crippen molar-refractivity contribution in [2.75, 3.05) is 13.4 Å². The van der Waals surface area contributed by atoms with E-state index in [2.05, 4.69) is 9.50 Å². The molecule has 1 aliphatic rings. The Hall–Kier alpha value is -2.32. The Morgan fingerprint density at radius 3 is 2.50 bits per heavy atom. The van der Waals surface area contributed by atoms with Crippen molar-refractivity contribution >= 4 is 33.2 Å². The van der Waals surface area contributed by atoms with Crippen LogP contribution in [0.4, 0.5) is 0 Å². The topological polar surface area (TPSA) is 71.3 Å². The molecule has 2 aromatic carbocycles. The summed E-state index contributed by atoms with van der Waals surface area (Å²) in [5, 5.41) is 6.35. The minimum Gasteiger partial charge on any atom is -0.497 e. The second-order valence-corrected chi connectivity index (χ2v) is 7.91. The number of hydrazone groups is 1. The standard InChI is InChI=1S/C18H19N3O3S2/c1-24-15-8-10-16(11-9-15)26(22,23)20-18(25-2)21-17(12-13-19-21)14-6-4-3-5-7-14/h3-11,13,17H,12H2,1-2H3/b20-18-. The summed E-state index contributed by atoms with van der Waals surface area (Å²) in [5.74, 6) is 0.589. The molecule has 0 radical (unpaired) electrons. The molecule has 1 atom stereocenters. The third-order valence-corrected chi connectivity index (χ3v) is 5.99. The van der Waals surface area contributed by atoms with E-state index in [1.54, 1.807) is 29.6 Å². The Morgan fingerprint density at radius 2 is 1.88 bits per heavy atom. The summed E-state index contributed by atoms with van der Waals surface area (Å²) in [6.45, 7) is 0. The molecule has 0 fully saturated rings. The fraction of sp³-hybridized carbons (Fsp3) is 0.222. The minimum atomic E-state index is -3.84. The quantitative estimate of drug-likeness (QED) is 0.591. The van der Waals surface area contributed by atoms with Gasteiger partial charge in [-0.15, -0.1) is 4.40 Å². The molecule has 0 saturated heterocycles. The number of ether oxygens (including phenoxy) is 1. The van der Waals surface area contributed by atoms with Crippen LogP contribution in [0.2, 0.25) is 0 Å². The van der Waals surface area contributed by atoms with Crippen LogP contribution in [0.25, 0.3) is 0 Å². The van der Waals surface area contributed by atoms with E-state index in [0.717, 1.165) is 5.56 Å². The molecule has 0 bridgehead atoms. The Kier molecular flexibility index (Phi) is 5.63. The van der Waals surface area contributed by atoms with Gasteiger partial charge in [0.1, 0.15) is 5.75 Å². The first-order chi connectivity index (χ1) is 12.5. The second-order valence-electron chi connectivity index (χ2n) is 5.53. The van der Waals surface area contributed by atoms with Crippen LogP contribution in [0.3, 0.4) is 0 Å². The van der Waals surface area contributed by atoms with Gasteiger partial charge in [0, 0.05) is 12.6 Å². The van der Waals surface area contributed by atoms with Gasteiger partial charge in [0.2, 0.25) is 0 Å². The van der Waals surface area contributed by atoms with Gasteiger partial charge in [-0.2, -0.15) is 13.5 Å². The smallest absolute Gasteiger partial charge is 0.284 e. The highest BCUT2D eigenvalue weighted by atomic mass is 32.2. The largest absolute Gasteiger partial charge is 0.497 e. The molecule has 0 saturated carbocycles. The fourth-order valence-electron chi connectivity index (χ4n) is 2.63. The Morgan fingerprint density at radius 1 is 1.19 bits per heavy atom. The first-order valence-corrected chi connectivity index (χ1v) is 10.6. The molecule has 8 heteroatoms. The molecule has 26 heavy (non-hydrogen) atoms. The van der Waals surface area contributed by atoms with E-state index in [-0.39, 0.29) is 10.9 Å². The summed E-state index contributed by atoms with van der Waals surface area (Å²) >= 11 is 1.25. The molecule has 3 rings (SSSR count). The molecule has 0 aliphatic carbocycles. The Balaban J connectivity index is 1.92. The maximum Gasteiger partial charge on any atom is 0.284 e. The first kappa shape index (κ1) is 18.5. The monoisotopic (exact) mass is 389 g/mol. The number of hydrogen-bond donors (Lipinski definition) is 0. The number of thioether (sulfide) groups is 1. The predicted molar refractivity (Wildman–Crippen MR) is 105 cm³/mol. The highest BCUT2D eigenvalue weighted by molar-refractivity contribution is 8.13. The van der Waals surface area contributed by atoms with E-state index in [1.165, 1.54) is 31.0 Å². The molecular formula is C18H19N3O3S2. The van der Waals surface area contributed by atoms with E-state index in [1.807, 2.05) is 30.3 Å². The van der Waals surface area contributed by atoms with Crippen LogP contribution in [-0.4, -0.2) is 38.2 Å². The van der Waals surface area contributed by atoms with Gasteiger partial charge in [-0.25, -0.2) is 5.01 Å². The average Bonchev–Trinajstić information content (AvgIpc) is 3.16. The highest BCUT2D eigenvalue weighted by Gasteiger charge is 2.28. The van der Waals surface area contributed by atoms with E-state index in [9.17, 15) is 8.42 Å². The third kappa shape index (κ3) is 3.91. The van der Waals surface area contributed by atoms with Crippen LogP contribution in [0, 0.1) is 0 Å². The zero-order chi connectivity index (χ0) is 18.6. The molecule has 2 aromatic rings. The number of hydrogen-bond acceptors (Lipinski definition) is 5. The number of amidine groups is 1. The van der Waals surface area contributed by atoms with Crippen LogP contribution < -0.4 is 4.74 Å². The molecule has 1 aliphatic heterocycles. The van der Waals surface area contributed by atoms with Crippen molar-refractivity contribution in [2.24, 2.45) is 9.50 Å². The van der Waals surface area contributed by atoms with Crippen LogP contribution in [0.15, 0.2) is 69.0 Å². The molecule has 1 unspecified atom stereocenters. The lowest BCUT2D eigenvalue weighted by Gasteiger charge is -2.24. The summed E-state index contributed by atoms with van der Waals surface area (Å²) in [7, 11) is -2.31. The molecule has 0 N–H and O–H groups in total. The lowest BCUT2D eigenvalue weighted by molar-refractivity contribution is 0.377. The number of sulfonamides is 1. The lowest BCUT2D eigenvalue weighted by atomic mass is 10.1. The Bertz CT molecular complexity index is 910. The zero-order valence-corrected chi connectivity index (χ0v) is 16.1. The number of nitrogens with zero attached hydrogens (tertiary/aromatic N) is 3. The van der Waals surface area contributed by atoms with Crippen molar-refractivity contribution in [2.45, 2.75) is 17.4 Å². The van der Waals surface area contributed by atoms with Gasteiger partial charge in [0.15, 0.2) is 5.17 Å². The van der Waals surface area contributed by atoms with E-state index in [4.69, 9.17) is 4.74 Å². The van der Waals surface area contributed by atoms with E-state index < -0.39 is 10.0 Å². The normalized spacial score (nSPS) is 17.5. The molecule has 0 aromatic heterocycles. The molecule has 0 spiro atoms. The fourth-order valence-corrected chi connectivity index (χ4v) is 4.45. The van der Waals surface area contributed by atoms with Crippen molar-refractivity contribution in [1.29, 1.82) is 0 Å².